The van der Waals surface area contributed by atoms with Crippen molar-refractivity contribution in [1.82, 2.24) is 0 Å². The van der Waals surface area contributed by atoms with Crippen molar-refractivity contribution < 1.29 is 4.74 Å². The zero-order valence-corrected chi connectivity index (χ0v) is 12.6. The molecule has 0 aliphatic rings. The maximum Gasteiger partial charge on any atom is 0.0642 e. The average molecular weight is 249 g/mol. The fourth-order valence-corrected chi connectivity index (χ4v) is 2.14. The van der Waals surface area contributed by atoms with Gasteiger partial charge in [0.2, 0.25) is 0 Å². The van der Waals surface area contributed by atoms with Crippen LogP contribution in [0.5, 0.6) is 0 Å². The van der Waals surface area contributed by atoms with Gasteiger partial charge in [0.05, 0.1) is 5.60 Å². The molecule has 18 heavy (non-hydrogen) atoms. The Morgan fingerprint density at radius 2 is 1.89 bits per heavy atom. The minimum Gasteiger partial charge on any atom is -0.382 e. The van der Waals surface area contributed by atoms with E-state index in [4.69, 9.17) is 4.74 Å². The van der Waals surface area contributed by atoms with Gasteiger partial charge in [0.25, 0.3) is 0 Å². The van der Waals surface area contributed by atoms with Crippen LogP contribution in [0.3, 0.4) is 0 Å². The van der Waals surface area contributed by atoms with Crippen molar-refractivity contribution in [2.24, 2.45) is 0 Å². The predicted molar refractivity (Wildman–Crippen MR) is 79.3 cm³/mol. The first kappa shape index (κ1) is 15.0. The third kappa shape index (κ3) is 4.69. The lowest BCUT2D eigenvalue weighted by Gasteiger charge is -2.27. The number of rotatable bonds is 6. The first-order chi connectivity index (χ1) is 8.34. The predicted octanol–water partition coefficient (Wildman–Crippen LogP) is 4.43. The van der Waals surface area contributed by atoms with E-state index < -0.39 is 0 Å². The second kappa shape index (κ2) is 6.24. The van der Waals surface area contributed by atoms with Gasteiger partial charge in [-0.25, -0.2) is 0 Å². The molecule has 0 amide bonds. The monoisotopic (exact) mass is 249 g/mol. The SMILES string of the molecule is COC(C)(C)CC(C)Nc1cccc(C(C)C)c1. The van der Waals surface area contributed by atoms with Crippen LogP contribution in [0.15, 0.2) is 24.3 Å². The molecule has 1 unspecified atom stereocenters. The van der Waals surface area contributed by atoms with Gasteiger partial charge >= 0.3 is 0 Å². The fourth-order valence-electron chi connectivity index (χ4n) is 2.14. The summed E-state index contributed by atoms with van der Waals surface area (Å²) >= 11 is 0. The van der Waals surface area contributed by atoms with E-state index in [1.54, 1.807) is 7.11 Å². The number of methoxy groups -OCH3 is 1. The van der Waals surface area contributed by atoms with Crippen molar-refractivity contribution in [3.63, 3.8) is 0 Å². The zero-order valence-electron chi connectivity index (χ0n) is 12.6. The molecule has 0 aromatic heterocycles. The lowest BCUT2D eigenvalue weighted by molar-refractivity contribution is 0.0128. The van der Waals surface area contributed by atoms with Gasteiger partial charge in [-0.1, -0.05) is 26.0 Å². The van der Waals surface area contributed by atoms with Crippen LogP contribution < -0.4 is 5.32 Å². The summed E-state index contributed by atoms with van der Waals surface area (Å²) in [5, 5.41) is 3.55. The summed E-state index contributed by atoms with van der Waals surface area (Å²) in [4.78, 5) is 0. The molecule has 1 rings (SSSR count). The van der Waals surface area contributed by atoms with Crippen molar-refractivity contribution in [3.05, 3.63) is 29.8 Å². The summed E-state index contributed by atoms with van der Waals surface area (Å²) in [6.45, 7) is 10.9. The smallest absolute Gasteiger partial charge is 0.0642 e. The minimum absolute atomic E-state index is 0.0813. The molecular formula is C16H27NO. The van der Waals surface area contributed by atoms with E-state index in [9.17, 15) is 0 Å². The fraction of sp³-hybridized carbons (Fsp3) is 0.625. The van der Waals surface area contributed by atoms with E-state index in [2.05, 4.69) is 64.2 Å². The molecule has 0 radical (unpaired) electrons. The van der Waals surface area contributed by atoms with Crippen molar-refractivity contribution in [2.45, 2.75) is 58.6 Å². The molecule has 1 aromatic carbocycles. The Morgan fingerprint density at radius 3 is 2.44 bits per heavy atom. The third-order valence-electron chi connectivity index (χ3n) is 3.32. The molecule has 1 N–H and O–H groups in total. The molecule has 1 aromatic rings. The molecule has 1 atom stereocenters. The summed E-state index contributed by atoms with van der Waals surface area (Å²) in [7, 11) is 1.77. The summed E-state index contributed by atoms with van der Waals surface area (Å²) in [6, 6.07) is 9.05. The van der Waals surface area contributed by atoms with Crippen molar-refractivity contribution >= 4 is 5.69 Å². The van der Waals surface area contributed by atoms with Crippen LogP contribution in [-0.2, 0) is 4.74 Å². The number of hydrogen-bond acceptors (Lipinski definition) is 2. The van der Waals surface area contributed by atoms with E-state index >= 15 is 0 Å². The first-order valence-corrected chi connectivity index (χ1v) is 6.75. The van der Waals surface area contributed by atoms with Crippen LogP contribution in [0, 0.1) is 0 Å². The normalized spacial score (nSPS) is 13.7. The quantitative estimate of drug-likeness (QED) is 0.805. The van der Waals surface area contributed by atoms with E-state index in [-0.39, 0.29) is 5.60 Å². The molecule has 0 fully saturated rings. The van der Waals surface area contributed by atoms with E-state index in [0.717, 1.165) is 6.42 Å². The molecule has 0 aliphatic carbocycles. The second-order valence-corrected chi connectivity index (χ2v) is 5.99. The van der Waals surface area contributed by atoms with Crippen molar-refractivity contribution in [2.75, 3.05) is 12.4 Å². The van der Waals surface area contributed by atoms with Gasteiger partial charge in [0.1, 0.15) is 0 Å². The van der Waals surface area contributed by atoms with E-state index in [1.807, 2.05) is 0 Å². The van der Waals surface area contributed by atoms with E-state index in [1.165, 1.54) is 11.3 Å². The van der Waals surface area contributed by atoms with E-state index in [0.29, 0.717) is 12.0 Å². The van der Waals surface area contributed by atoms with Gasteiger partial charge in [0.15, 0.2) is 0 Å². The Hall–Kier alpha value is -1.02. The highest BCUT2D eigenvalue weighted by Gasteiger charge is 2.20. The Kier molecular flexibility index (Phi) is 5.21. The summed E-state index contributed by atoms with van der Waals surface area (Å²) in [5.41, 5.74) is 2.49. The van der Waals surface area contributed by atoms with Gasteiger partial charge in [-0.15, -0.1) is 0 Å². The molecule has 0 aliphatic heterocycles. The summed E-state index contributed by atoms with van der Waals surface area (Å²) in [6.07, 6.45) is 0.982. The van der Waals surface area contributed by atoms with Gasteiger partial charge in [-0.3, -0.25) is 0 Å². The summed E-state index contributed by atoms with van der Waals surface area (Å²) in [5.74, 6) is 0.567. The zero-order chi connectivity index (χ0) is 13.8. The average Bonchev–Trinajstić information content (AvgIpc) is 2.28. The second-order valence-electron chi connectivity index (χ2n) is 5.99. The minimum atomic E-state index is -0.0813. The van der Waals surface area contributed by atoms with Crippen molar-refractivity contribution in [3.8, 4) is 0 Å². The number of ether oxygens (including phenoxy) is 1. The highest BCUT2D eigenvalue weighted by molar-refractivity contribution is 5.47. The standard InChI is InChI=1S/C16H27NO/c1-12(2)14-8-7-9-15(10-14)17-13(3)11-16(4,5)18-6/h7-10,12-13,17H,11H2,1-6H3. The van der Waals surface area contributed by atoms with Crippen LogP contribution in [0.4, 0.5) is 5.69 Å². The number of benzene rings is 1. The van der Waals surface area contributed by atoms with Gasteiger partial charge in [-0.2, -0.15) is 0 Å². The lowest BCUT2D eigenvalue weighted by Crippen LogP contribution is -2.31. The van der Waals surface area contributed by atoms with Crippen LogP contribution >= 0.6 is 0 Å². The molecule has 0 saturated heterocycles. The summed E-state index contributed by atoms with van der Waals surface area (Å²) < 4.78 is 5.47. The first-order valence-electron chi connectivity index (χ1n) is 6.75. The van der Waals surface area contributed by atoms with Crippen LogP contribution in [0.25, 0.3) is 0 Å². The molecular weight excluding hydrogens is 222 g/mol. The topological polar surface area (TPSA) is 21.3 Å². The molecule has 0 heterocycles. The van der Waals surface area contributed by atoms with Crippen LogP contribution in [-0.4, -0.2) is 18.8 Å². The third-order valence-corrected chi connectivity index (χ3v) is 3.32. The Balaban J connectivity index is 2.64. The van der Waals surface area contributed by atoms with Crippen molar-refractivity contribution in [1.29, 1.82) is 0 Å². The van der Waals surface area contributed by atoms with Gasteiger partial charge < -0.3 is 10.1 Å². The maximum absolute atomic E-state index is 5.47. The maximum atomic E-state index is 5.47. The Bertz CT molecular complexity index is 371. The van der Waals surface area contributed by atoms with Crippen LogP contribution in [0.2, 0.25) is 0 Å². The molecule has 0 spiro atoms. The molecule has 0 saturated carbocycles. The highest BCUT2D eigenvalue weighted by Crippen LogP contribution is 2.21. The number of anilines is 1. The van der Waals surface area contributed by atoms with Gasteiger partial charge in [-0.05, 0) is 50.8 Å². The molecule has 2 nitrogen and oxygen atoms in total. The number of hydrogen-bond donors (Lipinski definition) is 1. The largest absolute Gasteiger partial charge is 0.382 e. The highest BCUT2D eigenvalue weighted by atomic mass is 16.5. The Labute approximate surface area is 112 Å². The molecule has 2 heteroatoms. The molecule has 102 valence electrons. The van der Waals surface area contributed by atoms with Crippen LogP contribution in [0.1, 0.15) is 52.5 Å². The molecule has 0 bridgehead atoms. The Morgan fingerprint density at radius 1 is 1.22 bits per heavy atom. The number of nitrogens with one attached hydrogen (secondary N) is 1. The van der Waals surface area contributed by atoms with Gasteiger partial charge in [0, 0.05) is 18.8 Å². The lowest BCUT2D eigenvalue weighted by atomic mass is 9.99.